The van der Waals surface area contributed by atoms with Crippen LogP contribution in [0.1, 0.15) is 31.9 Å². The lowest BCUT2D eigenvalue weighted by Gasteiger charge is -2.46. The fraction of sp³-hybridized carbons (Fsp3) is 0.417. The van der Waals surface area contributed by atoms with E-state index in [1.165, 1.54) is 11.8 Å². The summed E-state index contributed by atoms with van der Waals surface area (Å²) in [7, 11) is -3.64. The number of nitrogens with zero attached hydrogens (tertiary/aromatic N) is 2. The van der Waals surface area contributed by atoms with Gasteiger partial charge in [0.05, 0.1) is 18.9 Å². The Morgan fingerprint density at radius 1 is 1.06 bits per heavy atom. The number of hydrogen-bond donors (Lipinski definition) is 1. The van der Waals surface area contributed by atoms with Gasteiger partial charge in [-0.15, -0.1) is 0 Å². The monoisotopic (exact) mass is 473 g/mol. The van der Waals surface area contributed by atoms with Crippen molar-refractivity contribution in [3.8, 4) is 5.75 Å². The number of nitrogens with one attached hydrogen (secondary N) is 1. The maximum atomic E-state index is 13.4. The number of benzene rings is 2. The standard InChI is InChI=1S/C24H31N3O5S/c1-4-32-21-13-11-20(12-14-21)16-27-22(28)17-26(33(30,31)5-2)18-24(27,3)23(29)25-15-19-9-7-6-8-10-19/h6-14H,4-5,15-18H2,1-3H3,(H,25,29)/t24-/m0/s1. The van der Waals surface area contributed by atoms with Crippen LogP contribution in [-0.2, 0) is 32.7 Å². The third-order valence-electron chi connectivity index (χ3n) is 5.81. The molecule has 2 aromatic carbocycles. The van der Waals surface area contributed by atoms with Gasteiger partial charge >= 0.3 is 0 Å². The summed E-state index contributed by atoms with van der Waals surface area (Å²) < 4.78 is 31.7. The van der Waals surface area contributed by atoms with E-state index < -0.39 is 27.4 Å². The van der Waals surface area contributed by atoms with Crippen molar-refractivity contribution in [2.75, 3.05) is 25.4 Å². The Morgan fingerprint density at radius 2 is 1.73 bits per heavy atom. The molecule has 3 rings (SSSR count). The number of hydrogen-bond acceptors (Lipinski definition) is 5. The van der Waals surface area contributed by atoms with Crippen molar-refractivity contribution in [1.29, 1.82) is 0 Å². The van der Waals surface area contributed by atoms with Crippen LogP contribution in [0.3, 0.4) is 0 Å². The molecule has 0 saturated carbocycles. The van der Waals surface area contributed by atoms with Crippen LogP contribution >= 0.6 is 0 Å². The second-order valence-electron chi connectivity index (χ2n) is 8.17. The van der Waals surface area contributed by atoms with E-state index in [-0.39, 0.29) is 31.9 Å². The van der Waals surface area contributed by atoms with Crippen LogP contribution in [-0.4, -0.2) is 60.4 Å². The van der Waals surface area contributed by atoms with E-state index in [2.05, 4.69) is 5.32 Å². The number of amides is 2. The van der Waals surface area contributed by atoms with Crippen LogP contribution in [0.5, 0.6) is 5.75 Å². The predicted octanol–water partition coefficient (Wildman–Crippen LogP) is 2.15. The van der Waals surface area contributed by atoms with Gasteiger partial charge in [0, 0.05) is 19.6 Å². The molecule has 8 nitrogen and oxygen atoms in total. The Labute approximate surface area is 195 Å². The first-order valence-electron chi connectivity index (χ1n) is 11.0. The maximum Gasteiger partial charge on any atom is 0.247 e. The first kappa shape index (κ1) is 24.7. The molecule has 1 aliphatic rings. The van der Waals surface area contributed by atoms with Crippen molar-refractivity contribution in [3.05, 3.63) is 65.7 Å². The summed E-state index contributed by atoms with van der Waals surface area (Å²) in [5.41, 5.74) is 0.360. The molecular formula is C24H31N3O5S. The minimum atomic E-state index is -3.64. The van der Waals surface area contributed by atoms with Gasteiger partial charge in [0.2, 0.25) is 21.8 Å². The molecule has 0 unspecified atom stereocenters. The van der Waals surface area contributed by atoms with Gasteiger partial charge in [-0.25, -0.2) is 8.42 Å². The topological polar surface area (TPSA) is 96.0 Å². The summed E-state index contributed by atoms with van der Waals surface area (Å²) >= 11 is 0. The van der Waals surface area contributed by atoms with Crippen LogP contribution in [0.4, 0.5) is 0 Å². The molecule has 0 spiro atoms. The van der Waals surface area contributed by atoms with Gasteiger partial charge in [-0.3, -0.25) is 9.59 Å². The molecule has 1 atom stereocenters. The molecule has 178 valence electrons. The third-order valence-corrected chi connectivity index (χ3v) is 7.59. The number of sulfonamides is 1. The Kier molecular flexibility index (Phi) is 7.76. The maximum absolute atomic E-state index is 13.4. The normalized spacial score (nSPS) is 19.4. The average molecular weight is 474 g/mol. The smallest absolute Gasteiger partial charge is 0.247 e. The number of carbonyl (C=O) groups is 2. The highest BCUT2D eigenvalue weighted by atomic mass is 32.2. The molecule has 1 aliphatic heterocycles. The minimum Gasteiger partial charge on any atom is -0.494 e. The largest absolute Gasteiger partial charge is 0.494 e. The summed E-state index contributed by atoms with van der Waals surface area (Å²) in [5, 5.41) is 2.89. The molecule has 1 saturated heterocycles. The molecule has 33 heavy (non-hydrogen) atoms. The molecule has 2 amide bonds. The second kappa shape index (κ2) is 10.4. The molecule has 2 aromatic rings. The third kappa shape index (κ3) is 5.72. The lowest BCUT2D eigenvalue weighted by molar-refractivity contribution is -0.153. The van der Waals surface area contributed by atoms with E-state index in [0.29, 0.717) is 6.61 Å². The Balaban J connectivity index is 1.87. The van der Waals surface area contributed by atoms with Crippen molar-refractivity contribution >= 4 is 21.8 Å². The summed E-state index contributed by atoms with van der Waals surface area (Å²) in [5.74, 6) is -0.234. The first-order chi connectivity index (χ1) is 15.7. The van der Waals surface area contributed by atoms with E-state index >= 15 is 0 Å². The molecule has 0 aliphatic carbocycles. The Morgan fingerprint density at radius 3 is 2.33 bits per heavy atom. The number of ether oxygens (including phenoxy) is 1. The zero-order chi connectivity index (χ0) is 24.1. The molecule has 1 heterocycles. The molecule has 0 radical (unpaired) electrons. The zero-order valence-electron chi connectivity index (χ0n) is 19.3. The van der Waals surface area contributed by atoms with Crippen molar-refractivity contribution in [1.82, 2.24) is 14.5 Å². The fourth-order valence-electron chi connectivity index (χ4n) is 3.84. The summed E-state index contributed by atoms with van der Waals surface area (Å²) in [6, 6.07) is 16.7. The van der Waals surface area contributed by atoms with E-state index in [0.717, 1.165) is 21.2 Å². The van der Waals surface area contributed by atoms with Gasteiger partial charge in [0.25, 0.3) is 0 Å². The zero-order valence-corrected chi connectivity index (χ0v) is 20.1. The quantitative estimate of drug-likeness (QED) is 0.602. The minimum absolute atomic E-state index is 0.105. The number of rotatable bonds is 9. The van der Waals surface area contributed by atoms with Gasteiger partial charge in [-0.2, -0.15) is 4.31 Å². The molecule has 0 aromatic heterocycles. The summed E-state index contributed by atoms with van der Waals surface area (Å²) in [6.45, 7) is 5.67. The Bertz CT molecular complexity index is 1070. The first-order valence-corrected chi connectivity index (χ1v) is 12.6. The van der Waals surface area contributed by atoms with E-state index in [1.807, 2.05) is 61.5 Å². The highest BCUT2D eigenvalue weighted by molar-refractivity contribution is 7.89. The van der Waals surface area contributed by atoms with Crippen LogP contribution < -0.4 is 10.1 Å². The molecule has 1 N–H and O–H groups in total. The van der Waals surface area contributed by atoms with Gasteiger partial charge in [0.1, 0.15) is 11.3 Å². The average Bonchev–Trinajstić information content (AvgIpc) is 2.81. The van der Waals surface area contributed by atoms with Crippen molar-refractivity contribution in [3.63, 3.8) is 0 Å². The number of piperazine rings is 1. The molecule has 0 bridgehead atoms. The van der Waals surface area contributed by atoms with Crippen LogP contribution in [0, 0.1) is 0 Å². The van der Waals surface area contributed by atoms with E-state index in [9.17, 15) is 18.0 Å². The van der Waals surface area contributed by atoms with Crippen LogP contribution in [0.2, 0.25) is 0 Å². The summed E-state index contributed by atoms with van der Waals surface area (Å²) in [4.78, 5) is 28.0. The van der Waals surface area contributed by atoms with Gasteiger partial charge in [-0.05, 0) is 44.0 Å². The van der Waals surface area contributed by atoms with Gasteiger partial charge in [-0.1, -0.05) is 42.5 Å². The van der Waals surface area contributed by atoms with Gasteiger partial charge in [0.15, 0.2) is 0 Å². The fourth-order valence-corrected chi connectivity index (χ4v) is 4.96. The SMILES string of the molecule is CCOc1ccc(CN2C(=O)CN(S(=O)(=O)CC)C[C@@]2(C)C(=O)NCc2ccccc2)cc1. The predicted molar refractivity (Wildman–Crippen MR) is 126 cm³/mol. The summed E-state index contributed by atoms with van der Waals surface area (Å²) in [6.07, 6.45) is 0. The van der Waals surface area contributed by atoms with Crippen molar-refractivity contribution in [2.45, 2.75) is 39.4 Å². The lowest BCUT2D eigenvalue weighted by Crippen LogP contribution is -2.69. The van der Waals surface area contributed by atoms with Crippen LogP contribution in [0.15, 0.2) is 54.6 Å². The molecule has 9 heteroatoms. The lowest BCUT2D eigenvalue weighted by atomic mass is 9.94. The van der Waals surface area contributed by atoms with Gasteiger partial charge < -0.3 is 15.0 Å². The highest BCUT2D eigenvalue weighted by Gasteiger charge is 2.49. The van der Waals surface area contributed by atoms with E-state index in [4.69, 9.17) is 4.74 Å². The second-order valence-corrected chi connectivity index (χ2v) is 10.4. The molecular weight excluding hydrogens is 442 g/mol. The number of carbonyl (C=O) groups excluding carboxylic acids is 2. The Hall–Kier alpha value is -2.91. The molecule has 1 fully saturated rings. The van der Waals surface area contributed by atoms with Crippen LogP contribution in [0.25, 0.3) is 0 Å². The van der Waals surface area contributed by atoms with Crippen molar-refractivity contribution in [2.24, 2.45) is 0 Å². The van der Waals surface area contributed by atoms with E-state index in [1.54, 1.807) is 6.92 Å². The van der Waals surface area contributed by atoms with Crippen molar-refractivity contribution < 1.29 is 22.7 Å². The highest BCUT2D eigenvalue weighted by Crippen LogP contribution is 2.28.